The number of rotatable bonds is 5. The molecule has 0 radical (unpaired) electrons. The lowest BCUT2D eigenvalue weighted by Crippen LogP contribution is -2.36. The highest BCUT2D eigenvalue weighted by Crippen LogP contribution is 2.39. The molecule has 0 saturated carbocycles. The Morgan fingerprint density at radius 1 is 1.48 bits per heavy atom. The van der Waals surface area contributed by atoms with Crippen molar-refractivity contribution in [1.82, 2.24) is 4.90 Å². The van der Waals surface area contributed by atoms with Crippen LogP contribution in [0.5, 0.6) is 0 Å². The second kappa shape index (κ2) is 6.53. The van der Waals surface area contributed by atoms with Gasteiger partial charge in [0.1, 0.15) is 0 Å². The van der Waals surface area contributed by atoms with E-state index >= 15 is 0 Å². The summed E-state index contributed by atoms with van der Waals surface area (Å²) in [6, 6.07) is 1.41. The van der Waals surface area contributed by atoms with Gasteiger partial charge in [0, 0.05) is 25.7 Å². The first kappa shape index (κ1) is 15.9. The zero-order valence-electron chi connectivity index (χ0n) is 12.7. The fourth-order valence-electron chi connectivity index (χ4n) is 2.74. The predicted molar refractivity (Wildman–Crippen MR) is 84.5 cm³/mol. The van der Waals surface area contributed by atoms with Crippen molar-refractivity contribution in [3.8, 4) is 0 Å². The molecule has 1 saturated heterocycles. The summed E-state index contributed by atoms with van der Waals surface area (Å²) in [5.74, 6) is 0.527. The highest BCUT2D eigenvalue weighted by Gasteiger charge is 2.28. The van der Waals surface area contributed by atoms with Crippen LogP contribution in [-0.4, -0.2) is 49.3 Å². The van der Waals surface area contributed by atoms with Crippen molar-refractivity contribution in [2.24, 2.45) is 5.92 Å². The van der Waals surface area contributed by atoms with Crippen LogP contribution >= 0.6 is 11.3 Å². The Hall–Kier alpha value is -1.47. The first-order valence-corrected chi connectivity index (χ1v) is 7.89. The van der Waals surface area contributed by atoms with Gasteiger partial charge in [-0.15, -0.1) is 11.3 Å². The molecule has 21 heavy (non-hydrogen) atoms. The smallest absolute Gasteiger partial charge is 0.304 e. The standard InChI is InChI=1S/C14H21N3O3S/c1-10(18)13-8-12(17(19)20)14(21-13)16-6-4-11(5-7-16)9-15(2)3/h8,11H,4-7,9H2,1-3H3. The maximum atomic E-state index is 11.5. The average molecular weight is 311 g/mol. The van der Waals surface area contributed by atoms with E-state index in [-0.39, 0.29) is 16.4 Å². The van der Waals surface area contributed by atoms with E-state index in [1.807, 2.05) is 0 Å². The van der Waals surface area contributed by atoms with E-state index in [0.29, 0.717) is 15.8 Å². The number of thiophene rings is 1. The predicted octanol–water partition coefficient (Wildman–Crippen LogP) is 2.64. The van der Waals surface area contributed by atoms with Gasteiger partial charge in [-0.3, -0.25) is 14.9 Å². The molecule has 0 unspecified atom stereocenters. The quantitative estimate of drug-likeness (QED) is 0.475. The number of piperidine rings is 1. The van der Waals surface area contributed by atoms with Gasteiger partial charge in [0.05, 0.1) is 9.80 Å². The number of carbonyl (C=O) groups excluding carboxylic acids is 1. The fourth-order valence-corrected chi connectivity index (χ4v) is 3.81. The zero-order chi connectivity index (χ0) is 15.6. The molecule has 1 aliphatic rings. The van der Waals surface area contributed by atoms with Crippen molar-refractivity contribution in [2.45, 2.75) is 19.8 Å². The number of hydrogen-bond donors (Lipinski definition) is 0. The lowest BCUT2D eigenvalue weighted by atomic mass is 9.96. The van der Waals surface area contributed by atoms with Crippen molar-refractivity contribution < 1.29 is 9.72 Å². The summed E-state index contributed by atoms with van der Waals surface area (Å²) in [6.45, 7) is 4.14. The Balaban J connectivity index is 2.12. The molecule has 1 aromatic heterocycles. The molecule has 0 bridgehead atoms. The van der Waals surface area contributed by atoms with Crippen LogP contribution < -0.4 is 4.90 Å². The summed E-state index contributed by atoms with van der Waals surface area (Å²) in [5.41, 5.74) is 0.0660. The van der Waals surface area contributed by atoms with Crippen LogP contribution in [0, 0.1) is 16.0 Å². The van der Waals surface area contributed by atoms with Crippen molar-refractivity contribution >= 4 is 27.8 Å². The second-order valence-corrected chi connectivity index (χ2v) is 6.84. The van der Waals surface area contributed by atoms with Crippen LogP contribution in [0.4, 0.5) is 10.7 Å². The molecule has 0 amide bonds. The molecule has 0 atom stereocenters. The van der Waals surface area contributed by atoms with E-state index in [1.165, 1.54) is 24.3 Å². The number of Topliss-reactive ketones (excluding diaryl/α,β-unsaturated/α-hetero) is 1. The number of anilines is 1. The average Bonchev–Trinajstić information content (AvgIpc) is 2.84. The van der Waals surface area contributed by atoms with E-state index in [0.717, 1.165) is 32.5 Å². The Bertz CT molecular complexity index is 534. The highest BCUT2D eigenvalue weighted by atomic mass is 32.1. The third-order valence-electron chi connectivity index (χ3n) is 3.76. The van der Waals surface area contributed by atoms with Crippen LogP contribution in [0.2, 0.25) is 0 Å². The molecule has 1 aromatic rings. The normalized spacial score (nSPS) is 16.5. The monoisotopic (exact) mass is 311 g/mol. The van der Waals surface area contributed by atoms with Gasteiger partial charge in [-0.05, 0) is 39.8 Å². The summed E-state index contributed by atoms with van der Waals surface area (Å²) in [7, 11) is 4.13. The lowest BCUT2D eigenvalue weighted by molar-refractivity contribution is -0.383. The first-order valence-electron chi connectivity index (χ1n) is 7.07. The molecule has 0 aromatic carbocycles. The van der Waals surface area contributed by atoms with E-state index in [9.17, 15) is 14.9 Å². The largest absolute Gasteiger partial charge is 0.358 e. The van der Waals surface area contributed by atoms with E-state index in [2.05, 4.69) is 23.9 Å². The Kier molecular flexibility index (Phi) is 4.95. The maximum absolute atomic E-state index is 11.5. The minimum atomic E-state index is -0.385. The maximum Gasteiger partial charge on any atom is 0.304 e. The van der Waals surface area contributed by atoms with Gasteiger partial charge >= 0.3 is 5.69 Å². The molecule has 0 spiro atoms. The summed E-state index contributed by atoms with van der Waals surface area (Å²) >= 11 is 1.24. The van der Waals surface area contributed by atoms with Gasteiger partial charge in [0.25, 0.3) is 0 Å². The summed E-state index contributed by atoms with van der Waals surface area (Å²) in [4.78, 5) is 27.0. The minimum absolute atomic E-state index is 0.0660. The third-order valence-corrected chi connectivity index (χ3v) is 5.05. The molecule has 2 heterocycles. The summed E-state index contributed by atoms with van der Waals surface area (Å²) in [5, 5.41) is 11.8. The molecule has 2 rings (SSSR count). The molecule has 0 aliphatic carbocycles. The van der Waals surface area contributed by atoms with E-state index < -0.39 is 0 Å². The highest BCUT2D eigenvalue weighted by molar-refractivity contribution is 7.18. The number of nitro groups is 1. The van der Waals surface area contributed by atoms with Crippen molar-refractivity contribution in [3.63, 3.8) is 0 Å². The number of ketones is 1. The molecule has 0 N–H and O–H groups in total. The van der Waals surface area contributed by atoms with Gasteiger partial charge in [0.2, 0.25) is 0 Å². The van der Waals surface area contributed by atoms with Gasteiger partial charge < -0.3 is 9.80 Å². The van der Waals surface area contributed by atoms with Gasteiger partial charge in [0.15, 0.2) is 10.8 Å². The third kappa shape index (κ3) is 3.79. The molecular weight excluding hydrogens is 290 g/mol. The molecule has 1 fully saturated rings. The van der Waals surface area contributed by atoms with Gasteiger partial charge in [-0.25, -0.2) is 0 Å². The Morgan fingerprint density at radius 2 is 2.10 bits per heavy atom. The molecule has 7 heteroatoms. The van der Waals surface area contributed by atoms with Gasteiger partial charge in [-0.2, -0.15) is 0 Å². The van der Waals surface area contributed by atoms with Crippen LogP contribution in [-0.2, 0) is 0 Å². The Labute approximate surface area is 128 Å². The van der Waals surface area contributed by atoms with Gasteiger partial charge in [-0.1, -0.05) is 0 Å². The first-order chi connectivity index (χ1) is 9.88. The lowest BCUT2D eigenvalue weighted by Gasteiger charge is -2.33. The van der Waals surface area contributed by atoms with Crippen molar-refractivity contribution in [1.29, 1.82) is 0 Å². The van der Waals surface area contributed by atoms with Crippen LogP contribution in [0.3, 0.4) is 0 Å². The molecular formula is C14H21N3O3S. The minimum Gasteiger partial charge on any atom is -0.358 e. The fraction of sp³-hybridized carbons (Fsp3) is 0.643. The summed E-state index contributed by atoms with van der Waals surface area (Å²) < 4.78 is 0. The SMILES string of the molecule is CC(=O)c1cc([N+](=O)[O-])c(N2CCC(CN(C)C)CC2)s1. The molecule has 6 nitrogen and oxygen atoms in total. The topological polar surface area (TPSA) is 66.7 Å². The molecule has 116 valence electrons. The number of hydrogen-bond acceptors (Lipinski definition) is 6. The van der Waals surface area contributed by atoms with E-state index in [4.69, 9.17) is 0 Å². The second-order valence-electron chi connectivity index (χ2n) is 5.81. The van der Waals surface area contributed by atoms with Crippen molar-refractivity contribution in [2.75, 3.05) is 38.6 Å². The zero-order valence-corrected chi connectivity index (χ0v) is 13.5. The van der Waals surface area contributed by atoms with E-state index in [1.54, 1.807) is 0 Å². The number of nitrogens with zero attached hydrogens (tertiary/aromatic N) is 3. The Morgan fingerprint density at radius 3 is 2.57 bits per heavy atom. The molecule has 1 aliphatic heterocycles. The van der Waals surface area contributed by atoms with Crippen LogP contribution in [0.1, 0.15) is 29.4 Å². The van der Waals surface area contributed by atoms with Crippen LogP contribution in [0.25, 0.3) is 0 Å². The number of carbonyl (C=O) groups is 1. The van der Waals surface area contributed by atoms with Crippen LogP contribution in [0.15, 0.2) is 6.07 Å². The summed E-state index contributed by atoms with van der Waals surface area (Å²) in [6.07, 6.45) is 2.06. The van der Waals surface area contributed by atoms with Crippen molar-refractivity contribution in [3.05, 3.63) is 21.1 Å².